The number of ether oxygens (including phenoxy) is 2. The first-order chi connectivity index (χ1) is 9.99. The first kappa shape index (κ1) is 16.3. The highest BCUT2D eigenvalue weighted by atomic mass is 79.9. The summed E-state index contributed by atoms with van der Waals surface area (Å²) in [7, 11) is 3.00. The van der Waals surface area contributed by atoms with Gasteiger partial charge in [0.15, 0.2) is 0 Å². The van der Waals surface area contributed by atoms with Gasteiger partial charge in [-0.25, -0.2) is 4.39 Å². The molecule has 0 heterocycles. The molecule has 0 aliphatic heterocycles. The fourth-order valence-electron chi connectivity index (χ4n) is 2.03. The van der Waals surface area contributed by atoms with Crippen molar-refractivity contribution in [1.29, 1.82) is 0 Å². The van der Waals surface area contributed by atoms with Crippen molar-refractivity contribution in [1.82, 2.24) is 0 Å². The third-order valence-electron chi connectivity index (χ3n) is 3.07. The van der Waals surface area contributed by atoms with Gasteiger partial charge < -0.3 is 14.6 Å². The Morgan fingerprint density at radius 3 is 2.29 bits per heavy atom. The van der Waals surface area contributed by atoms with Crippen LogP contribution in [0.2, 0.25) is 0 Å². The number of rotatable bonds is 4. The van der Waals surface area contributed by atoms with Crippen molar-refractivity contribution in [3.8, 4) is 11.5 Å². The number of aliphatic hydroxyl groups is 1. The van der Waals surface area contributed by atoms with Gasteiger partial charge in [-0.15, -0.1) is 0 Å². The Hall–Kier alpha value is -1.11. The van der Waals surface area contributed by atoms with Crippen LogP contribution < -0.4 is 9.47 Å². The molecule has 0 saturated carbocycles. The first-order valence-corrected chi connectivity index (χ1v) is 7.61. The van der Waals surface area contributed by atoms with Gasteiger partial charge in [0.05, 0.1) is 18.7 Å². The Balaban J connectivity index is 2.59. The lowest BCUT2D eigenvalue weighted by atomic mass is 10.00. The molecule has 0 spiro atoms. The van der Waals surface area contributed by atoms with Crippen molar-refractivity contribution in [2.75, 3.05) is 14.2 Å². The minimum atomic E-state index is -1.18. The van der Waals surface area contributed by atoms with Gasteiger partial charge in [-0.2, -0.15) is 0 Å². The summed E-state index contributed by atoms with van der Waals surface area (Å²) in [5.74, 6) is 0.462. The molecule has 0 aromatic heterocycles. The third-order valence-corrected chi connectivity index (χ3v) is 4.38. The van der Waals surface area contributed by atoms with Crippen molar-refractivity contribution < 1.29 is 19.0 Å². The van der Waals surface area contributed by atoms with Crippen molar-refractivity contribution in [2.45, 2.75) is 6.10 Å². The molecule has 21 heavy (non-hydrogen) atoms. The number of methoxy groups -OCH3 is 2. The zero-order valence-corrected chi connectivity index (χ0v) is 14.5. The number of hydrogen-bond donors (Lipinski definition) is 1. The van der Waals surface area contributed by atoms with Gasteiger partial charge in [0.2, 0.25) is 0 Å². The second-order valence-electron chi connectivity index (χ2n) is 4.27. The van der Waals surface area contributed by atoms with Crippen LogP contribution in [-0.4, -0.2) is 19.3 Å². The predicted octanol–water partition coefficient (Wildman–Crippen LogP) is 4.45. The van der Waals surface area contributed by atoms with Crippen LogP contribution in [0.25, 0.3) is 0 Å². The molecule has 2 aromatic carbocycles. The lowest BCUT2D eigenvalue weighted by molar-refractivity contribution is 0.208. The average Bonchev–Trinajstić information content (AvgIpc) is 2.46. The summed E-state index contributed by atoms with van der Waals surface area (Å²) in [5, 5.41) is 10.6. The van der Waals surface area contributed by atoms with Crippen molar-refractivity contribution >= 4 is 31.9 Å². The van der Waals surface area contributed by atoms with Crippen molar-refractivity contribution in [2.24, 2.45) is 0 Å². The maximum atomic E-state index is 14.0. The van der Waals surface area contributed by atoms with E-state index in [4.69, 9.17) is 9.47 Å². The molecule has 112 valence electrons. The zero-order valence-electron chi connectivity index (χ0n) is 11.4. The van der Waals surface area contributed by atoms with Gasteiger partial charge in [0.1, 0.15) is 23.4 Å². The summed E-state index contributed by atoms with van der Waals surface area (Å²) in [4.78, 5) is 0. The van der Waals surface area contributed by atoms with Gasteiger partial charge in [0.25, 0.3) is 0 Å². The Morgan fingerprint density at radius 1 is 1.05 bits per heavy atom. The molecule has 2 rings (SSSR count). The molecule has 2 aromatic rings. The Bertz CT molecular complexity index is 641. The topological polar surface area (TPSA) is 38.7 Å². The van der Waals surface area contributed by atoms with Crippen LogP contribution in [0.1, 0.15) is 17.2 Å². The smallest absolute Gasteiger partial charge is 0.133 e. The van der Waals surface area contributed by atoms with E-state index in [0.717, 1.165) is 0 Å². The van der Waals surface area contributed by atoms with E-state index in [1.54, 1.807) is 24.3 Å². The minimum absolute atomic E-state index is 0.153. The molecule has 3 nitrogen and oxygen atoms in total. The lowest BCUT2D eigenvalue weighted by Crippen LogP contribution is -2.06. The molecule has 0 saturated heterocycles. The molecule has 0 amide bonds. The maximum absolute atomic E-state index is 14.0. The highest BCUT2D eigenvalue weighted by Crippen LogP contribution is 2.40. The fourth-order valence-corrected chi connectivity index (χ4v) is 3.07. The summed E-state index contributed by atoms with van der Waals surface area (Å²) in [6, 6.07) is 7.82. The molecule has 0 aliphatic rings. The monoisotopic (exact) mass is 418 g/mol. The van der Waals surface area contributed by atoms with Gasteiger partial charge in [-0.1, -0.05) is 22.0 Å². The molecule has 1 unspecified atom stereocenters. The van der Waals surface area contributed by atoms with Crippen LogP contribution in [0.3, 0.4) is 0 Å². The molecule has 1 atom stereocenters. The van der Waals surface area contributed by atoms with Gasteiger partial charge >= 0.3 is 0 Å². The summed E-state index contributed by atoms with van der Waals surface area (Å²) in [6.45, 7) is 0. The molecule has 0 aliphatic carbocycles. The van der Waals surface area contributed by atoms with Gasteiger partial charge in [0, 0.05) is 15.6 Å². The quantitative estimate of drug-likeness (QED) is 0.795. The lowest BCUT2D eigenvalue weighted by Gasteiger charge is -2.18. The van der Waals surface area contributed by atoms with E-state index in [0.29, 0.717) is 26.0 Å². The average molecular weight is 420 g/mol. The standard InChI is InChI=1S/C15H13Br2FO3/c1-20-12-7-10(17)13(21-2)6-8(12)15(19)14-9(16)4-3-5-11(14)18/h3-7,15,19H,1-2H3. The van der Waals surface area contributed by atoms with Crippen LogP contribution in [0.5, 0.6) is 11.5 Å². The number of hydrogen-bond acceptors (Lipinski definition) is 3. The van der Waals surface area contributed by atoms with E-state index in [1.807, 2.05) is 0 Å². The molecule has 1 N–H and O–H groups in total. The van der Waals surface area contributed by atoms with Crippen LogP contribution >= 0.6 is 31.9 Å². The van der Waals surface area contributed by atoms with E-state index >= 15 is 0 Å². The fraction of sp³-hybridized carbons (Fsp3) is 0.200. The van der Waals surface area contributed by atoms with Crippen LogP contribution in [0.15, 0.2) is 39.3 Å². The molecule has 0 bridgehead atoms. The maximum Gasteiger partial charge on any atom is 0.133 e. The SMILES string of the molecule is COc1cc(C(O)c2c(F)cccc2Br)c(OC)cc1Br. The summed E-state index contributed by atoms with van der Waals surface area (Å²) < 4.78 is 25.7. The predicted molar refractivity (Wildman–Crippen MR) is 85.4 cm³/mol. The number of benzene rings is 2. The summed E-state index contributed by atoms with van der Waals surface area (Å²) in [5.41, 5.74) is 0.573. The van der Waals surface area contributed by atoms with Crippen molar-refractivity contribution in [3.63, 3.8) is 0 Å². The minimum Gasteiger partial charge on any atom is -0.496 e. The highest BCUT2D eigenvalue weighted by Gasteiger charge is 2.23. The molecule has 0 fully saturated rings. The molecular weight excluding hydrogens is 407 g/mol. The zero-order chi connectivity index (χ0) is 15.6. The Kier molecular flexibility index (Phi) is 5.24. The second kappa shape index (κ2) is 6.77. The molecule has 0 radical (unpaired) electrons. The van der Waals surface area contributed by atoms with E-state index < -0.39 is 11.9 Å². The molecule has 6 heteroatoms. The highest BCUT2D eigenvalue weighted by molar-refractivity contribution is 9.10. The van der Waals surface area contributed by atoms with E-state index in [-0.39, 0.29) is 5.56 Å². The van der Waals surface area contributed by atoms with Crippen LogP contribution in [0, 0.1) is 5.82 Å². The summed E-state index contributed by atoms with van der Waals surface area (Å²) in [6.07, 6.45) is -1.18. The normalized spacial score (nSPS) is 12.1. The van der Waals surface area contributed by atoms with Crippen LogP contribution in [-0.2, 0) is 0 Å². The van der Waals surface area contributed by atoms with Crippen molar-refractivity contribution in [3.05, 3.63) is 56.2 Å². The van der Waals surface area contributed by atoms with E-state index in [2.05, 4.69) is 31.9 Å². The van der Waals surface area contributed by atoms with E-state index in [9.17, 15) is 9.50 Å². The van der Waals surface area contributed by atoms with Gasteiger partial charge in [-0.05, 0) is 40.2 Å². The molecular formula is C15H13Br2FO3. The number of aliphatic hydroxyl groups excluding tert-OH is 1. The van der Waals surface area contributed by atoms with Gasteiger partial charge in [-0.3, -0.25) is 0 Å². The first-order valence-electron chi connectivity index (χ1n) is 6.03. The van der Waals surface area contributed by atoms with Crippen LogP contribution in [0.4, 0.5) is 4.39 Å². The Labute approximate surface area is 139 Å². The number of halogens is 3. The second-order valence-corrected chi connectivity index (χ2v) is 5.98. The largest absolute Gasteiger partial charge is 0.496 e. The Morgan fingerprint density at radius 2 is 1.71 bits per heavy atom. The summed E-state index contributed by atoms with van der Waals surface area (Å²) >= 11 is 6.61. The van der Waals surface area contributed by atoms with E-state index in [1.165, 1.54) is 20.3 Å². The third kappa shape index (κ3) is 3.22.